The molecular formula is C21H25N5O3S. The zero-order chi connectivity index (χ0) is 21.1. The van der Waals surface area contributed by atoms with Crippen LogP contribution in [0.4, 0.5) is 9.93 Å². The Morgan fingerprint density at radius 1 is 1.00 bits per heavy atom. The average Bonchev–Trinajstić information content (AvgIpc) is 3.20. The molecule has 1 aromatic carbocycles. The van der Waals surface area contributed by atoms with Crippen molar-refractivity contribution < 1.29 is 14.4 Å². The quantitative estimate of drug-likeness (QED) is 0.812. The fourth-order valence-corrected chi connectivity index (χ4v) is 4.52. The molecular weight excluding hydrogens is 402 g/mol. The third-order valence-electron chi connectivity index (χ3n) is 5.59. The molecule has 0 aliphatic carbocycles. The van der Waals surface area contributed by atoms with E-state index in [1.165, 1.54) is 29.4 Å². The summed E-state index contributed by atoms with van der Waals surface area (Å²) in [5.74, 6) is 0.0783. The number of aromatic nitrogens is 1. The predicted molar refractivity (Wildman–Crippen MR) is 114 cm³/mol. The van der Waals surface area contributed by atoms with Gasteiger partial charge in [-0.3, -0.25) is 14.9 Å². The van der Waals surface area contributed by atoms with Crippen molar-refractivity contribution in [2.75, 3.05) is 38.0 Å². The number of hydrogen-bond acceptors (Lipinski definition) is 5. The minimum absolute atomic E-state index is 0.0292. The van der Waals surface area contributed by atoms with Crippen LogP contribution in [0.25, 0.3) is 0 Å². The average molecular weight is 428 g/mol. The third kappa shape index (κ3) is 4.62. The second kappa shape index (κ2) is 8.83. The monoisotopic (exact) mass is 427 g/mol. The molecule has 0 atom stereocenters. The summed E-state index contributed by atoms with van der Waals surface area (Å²) in [4.78, 5) is 46.2. The highest BCUT2D eigenvalue weighted by atomic mass is 32.1. The first-order valence-corrected chi connectivity index (χ1v) is 11.0. The largest absolute Gasteiger partial charge is 0.339 e. The van der Waals surface area contributed by atoms with Crippen LogP contribution in [0.3, 0.4) is 0 Å². The van der Waals surface area contributed by atoms with Gasteiger partial charge in [0.2, 0.25) is 11.8 Å². The molecule has 3 heterocycles. The highest BCUT2D eigenvalue weighted by Crippen LogP contribution is 2.21. The maximum absolute atomic E-state index is 12.7. The van der Waals surface area contributed by atoms with Crippen molar-refractivity contribution in [3.63, 3.8) is 0 Å². The standard InChI is InChI=1S/C21H25N5O3S/c1-15(27)24-8-10-25(11-9-24)21(29)23-20-22-18(14-30-20)12-19(28)26-7-6-16-4-2-3-5-17(16)13-26/h2-5,14H,6-13H2,1H3,(H,22,23,29). The maximum Gasteiger partial charge on any atom is 0.323 e. The maximum atomic E-state index is 12.7. The summed E-state index contributed by atoms with van der Waals surface area (Å²) in [6, 6.07) is 8.00. The van der Waals surface area contributed by atoms with Gasteiger partial charge < -0.3 is 14.7 Å². The summed E-state index contributed by atoms with van der Waals surface area (Å²) in [6.07, 6.45) is 1.10. The lowest BCUT2D eigenvalue weighted by molar-refractivity contribution is -0.131. The van der Waals surface area contributed by atoms with E-state index in [9.17, 15) is 14.4 Å². The van der Waals surface area contributed by atoms with E-state index in [1.807, 2.05) is 22.4 Å². The van der Waals surface area contributed by atoms with Crippen LogP contribution >= 0.6 is 11.3 Å². The first kappa shape index (κ1) is 20.3. The smallest absolute Gasteiger partial charge is 0.323 e. The van der Waals surface area contributed by atoms with Crippen LogP contribution in [-0.2, 0) is 29.0 Å². The number of nitrogens with zero attached hydrogens (tertiary/aromatic N) is 4. The van der Waals surface area contributed by atoms with Crippen LogP contribution < -0.4 is 5.32 Å². The van der Waals surface area contributed by atoms with Crippen molar-refractivity contribution in [1.29, 1.82) is 0 Å². The number of urea groups is 1. The lowest BCUT2D eigenvalue weighted by Gasteiger charge is -2.33. The molecule has 2 aliphatic rings. The van der Waals surface area contributed by atoms with Crippen molar-refractivity contribution in [3.8, 4) is 0 Å². The van der Waals surface area contributed by atoms with Crippen LogP contribution in [0.1, 0.15) is 23.7 Å². The van der Waals surface area contributed by atoms with Crippen LogP contribution in [0.15, 0.2) is 29.6 Å². The van der Waals surface area contributed by atoms with Crippen LogP contribution in [-0.4, -0.2) is 70.3 Å². The van der Waals surface area contributed by atoms with Gasteiger partial charge in [0, 0.05) is 51.6 Å². The SMILES string of the molecule is CC(=O)N1CCN(C(=O)Nc2nc(CC(=O)N3CCc4ccccc4C3)cs2)CC1. The number of anilines is 1. The van der Waals surface area contributed by atoms with E-state index in [4.69, 9.17) is 0 Å². The van der Waals surface area contributed by atoms with Gasteiger partial charge in [0.05, 0.1) is 12.1 Å². The second-order valence-electron chi connectivity index (χ2n) is 7.58. The van der Waals surface area contributed by atoms with Gasteiger partial charge in [0.1, 0.15) is 0 Å². The highest BCUT2D eigenvalue weighted by molar-refractivity contribution is 7.13. The molecule has 1 saturated heterocycles. The molecule has 2 aliphatic heterocycles. The Hall–Kier alpha value is -2.94. The molecule has 0 spiro atoms. The van der Waals surface area contributed by atoms with Crippen LogP contribution in [0.2, 0.25) is 0 Å². The van der Waals surface area contributed by atoms with Crippen molar-refractivity contribution in [2.24, 2.45) is 0 Å². The summed E-state index contributed by atoms with van der Waals surface area (Å²) in [7, 11) is 0. The van der Waals surface area contributed by atoms with Gasteiger partial charge >= 0.3 is 6.03 Å². The number of carbonyl (C=O) groups excluding carboxylic acids is 3. The lowest BCUT2D eigenvalue weighted by Crippen LogP contribution is -2.51. The van der Waals surface area contributed by atoms with Crippen molar-refractivity contribution in [2.45, 2.75) is 26.3 Å². The minimum atomic E-state index is -0.224. The van der Waals surface area contributed by atoms with Crippen molar-refractivity contribution in [3.05, 3.63) is 46.5 Å². The molecule has 1 fully saturated rings. The number of hydrogen-bond donors (Lipinski definition) is 1. The summed E-state index contributed by atoms with van der Waals surface area (Å²) in [5.41, 5.74) is 3.18. The molecule has 1 N–H and O–H groups in total. The van der Waals surface area contributed by atoms with Crippen LogP contribution in [0, 0.1) is 0 Å². The van der Waals surface area contributed by atoms with E-state index in [0.717, 1.165) is 13.0 Å². The first-order chi connectivity index (χ1) is 14.5. The summed E-state index contributed by atoms with van der Waals surface area (Å²) in [5, 5.41) is 5.11. The number of thiazole rings is 1. The minimum Gasteiger partial charge on any atom is -0.339 e. The number of fused-ring (bicyclic) bond motifs is 1. The summed E-state index contributed by atoms with van der Waals surface area (Å²) in [6.45, 7) is 4.97. The van der Waals surface area contributed by atoms with Gasteiger partial charge in [-0.15, -0.1) is 11.3 Å². The van der Waals surface area contributed by atoms with E-state index >= 15 is 0 Å². The Labute approximate surface area is 179 Å². The van der Waals surface area contributed by atoms with E-state index in [2.05, 4.69) is 22.4 Å². The summed E-state index contributed by atoms with van der Waals surface area (Å²) >= 11 is 1.32. The van der Waals surface area contributed by atoms with Gasteiger partial charge in [-0.2, -0.15) is 0 Å². The van der Waals surface area contributed by atoms with Gasteiger partial charge in [-0.05, 0) is 17.5 Å². The Morgan fingerprint density at radius 3 is 2.43 bits per heavy atom. The van der Waals surface area contributed by atoms with Gasteiger partial charge in [0.25, 0.3) is 0 Å². The van der Waals surface area contributed by atoms with Gasteiger partial charge in [0.15, 0.2) is 5.13 Å². The molecule has 2 aromatic rings. The van der Waals surface area contributed by atoms with Crippen LogP contribution in [0.5, 0.6) is 0 Å². The Bertz CT molecular complexity index is 952. The molecule has 9 heteroatoms. The normalized spacial score (nSPS) is 16.2. The van der Waals surface area contributed by atoms with E-state index < -0.39 is 0 Å². The lowest BCUT2D eigenvalue weighted by atomic mass is 10.00. The van der Waals surface area contributed by atoms with E-state index in [1.54, 1.807) is 9.80 Å². The molecule has 0 unspecified atom stereocenters. The molecule has 30 heavy (non-hydrogen) atoms. The number of carbonyl (C=O) groups is 3. The predicted octanol–water partition coefficient (Wildman–Crippen LogP) is 1.97. The number of piperazine rings is 1. The molecule has 4 rings (SSSR count). The zero-order valence-electron chi connectivity index (χ0n) is 17.0. The third-order valence-corrected chi connectivity index (χ3v) is 6.40. The molecule has 8 nitrogen and oxygen atoms in total. The van der Waals surface area contributed by atoms with Crippen molar-refractivity contribution >= 4 is 34.3 Å². The number of nitrogens with one attached hydrogen (secondary N) is 1. The molecule has 1 aromatic heterocycles. The molecule has 0 bridgehead atoms. The molecule has 0 saturated carbocycles. The van der Waals surface area contributed by atoms with Crippen molar-refractivity contribution in [1.82, 2.24) is 19.7 Å². The molecule has 158 valence electrons. The number of rotatable bonds is 3. The Morgan fingerprint density at radius 2 is 1.70 bits per heavy atom. The fraction of sp³-hybridized carbons (Fsp3) is 0.429. The topological polar surface area (TPSA) is 85.9 Å². The molecule has 0 radical (unpaired) electrons. The van der Waals surface area contributed by atoms with E-state index in [-0.39, 0.29) is 24.3 Å². The van der Waals surface area contributed by atoms with Gasteiger partial charge in [-0.25, -0.2) is 9.78 Å². The Kier molecular flexibility index (Phi) is 5.98. The Balaban J connectivity index is 1.29. The number of amides is 4. The first-order valence-electron chi connectivity index (χ1n) is 10.1. The fourth-order valence-electron chi connectivity index (χ4n) is 3.82. The second-order valence-corrected chi connectivity index (χ2v) is 8.44. The number of benzene rings is 1. The highest BCUT2D eigenvalue weighted by Gasteiger charge is 2.24. The summed E-state index contributed by atoms with van der Waals surface area (Å²) < 4.78 is 0. The van der Waals surface area contributed by atoms with E-state index in [0.29, 0.717) is 43.5 Å². The van der Waals surface area contributed by atoms with Gasteiger partial charge in [-0.1, -0.05) is 24.3 Å². The zero-order valence-corrected chi connectivity index (χ0v) is 17.8. The molecule has 4 amide bonds.